The number of rotatable bonds is 3. The van der Waals surface area contributed by atoms with Crippen LogP contribution in [-0.2, 0) is 0 Å². The lowest BCUT2D eigenvalue weighted by Gasteiger charge is -2.34. The van der Waals surface area contributed by atoms with Crippen molar-refractivity contribution in [3.8, 4) is 0 Å². The van der Waals surface area contributed by atoms with E-state index in [1.807, 2.05) is 6.92 Å². The summed E-state index contributed by atoms with van der Waals surface area (Å²) in [6.07, 6.45) is 0.265. The molecule has 12 heavy (non-hydrogen) atoms. The van der Waals surface area contributed by atoms with Crippen LogP contribution in [0.15, 0.2) is 0 Å². The highest BCUT2D eigenvalue weighted by Gasteiger charge is 2.27. The maximum atomic E-state index is 13.4. The zero-order valence-electron chi connectivity index (χ0n) is 8.02. The average molecular weight is 174 g/mol. The Morgan fingerprint density at radius 1 is 1.50 bits per heavy atom. The van der Waals surface area contributed by atoms with Crippen molar-refractivity contribution in [1.29, 1.82) is 0 Å². The molecular formula is C9H19FN2. The van der Waals surface area contributed by atoms with Gasteiger partial charge < -0.3 is 10.2 Å². The van der Waals surface area contributed by atoms with Gasteiger partial charge in [-0.15, -0.1) is 0 Å². The van der Waals surface area contributed by atoms with Gasteiger partial charge in [0.05, 0.1) is 0 Å². The molecule has 0 spiro atoms. The van der Waals surface area contributed by atoms with Gasteiger partial charge in [0.2, 0.25) is 0 Å². The number of nitrogens with zero attached hydrogens (tertiary/aromatic N) is 1. The largest absolute Gasteiger partial charge is 0.311 e. The highest BCUT2D eigenvalue weighted by atomic mass is 19.1. The Labute approximate surface area is 74.1 Å². The molecule has 0 radical (unpaired) electrons. The number of nitrogens with one attached hydrogen (secondary N) is 1. The van der Waals surface area contributed by atoms with E-state index in [-0.39, 0.29) is 6.04 Å². The first-order valence-electron chi connectivity index (χ1n) is 4.87. The number of hydrogen-bond donors (Lipinski definition) is 1. The second kappa shape index (κ2) is 4.77. The first-order valence-corrected chi connectivity index (χ1v) is 4.87. The minimum absolute atomic E-state index is 0.0952. The van der Waals surface area contributed by atoms with Crippen molar-refractivity contribution in [3.05, 3.63) is 0 Å². The van der Waals surface area contributed by atoms with Gasteiger partial charge >= 0.3 is 0 Å². The monoisotopic (exact) mass is 174 g/mol. The summed E-state index contributed by atoms with van der Waals surface area (Å²) in [6, 6.07) is 0.0952. The van der Waals surface area contributed by atoms with Crippen molar-refractivity contribution in [2.45, 2.75) is 32.5 Å². The van der Waals surface area contributed by atoms with E-state index < -0.39 is 6.17 Å². The summed E-state index contributed by atoms with van der Waals surface area (Å²) in [7, 11) is 0. The van der Waals surface area contributed by atoms with Crippen molar-refractivity contribution in [2.75, 3.05) is 26.2 Å². The molecule has 0 aromatic rings. The third-order valence-electron chi connectivity index (χ3n) is 2.54. The lowest BCUT2D eigenvalue weighted by molar-refractivity contribution is 0.109. The molecule has 1 saturated heterocycles. The van der Waals surface area contributed by atoms with Crippen LogP contribution in [0.2, 0.25) is 0 Å². The molecule has 1 N–H and O–H groups in total. The van der Waals surface area contributed by atoms with E-state index in [2.05, 4.69) is 17.1 Å². The van der Waals surface area contributed by atoms with Gasteiger partial charge in [-0.2, -0.15) is 0 Å². The first kappa shape index (κ1) is 9.93. The van der Waals surface area contributed by atoms with Gasteiger partial charge in [0, 0.05) is 12.6 Å². The van der Waals surface area contributed by atoms with Crippen LogP contribution < -0.4 is 5.32 Å². The van der Waals surface area contributed by atoms with Crippen molar-refractivity contribution < 1.29 is 4.39 Å². The second-order valence-electron chi connectivity index (χ2n) is 3.36. The smallest absolute Gasteiger partial charge is 0.128 e. The van der Waals surface area contributed by atoms with Crippen LogP contribution in [0.3, 0.4) is 0 Å². The van der Waals surface area contributed by atoms with Crippen LogP contribution in [0.25, 0.3) is 0 Å². The fourth-order valence-corrected chi connectivity index (χ4v) is 1.75. The summed E-state index contributed by atoms with van der Waals surface area (Å²) in [6.45, 7) is 7.60. The lowest BCUT2D eigenvalue weighted by atomic mass is 10.0. The van der Waals surface area contributed by atoms with Gasteiger partial charge in [-0.05, 0) is 26.1 Å². The van der Waals surface area contributed by atoms with Crippen LogP contribution in [0.1, 0.15) is 20.3 Å². The number of likely N-dealkylation sites (tertiary alicyclic amines) is 1. The maximum Gasteiger partial charge on any atom is 0.128 e. The Balaban J connectivity index is 2.31. The minimum atomic E-state index is -0.682. The standard InChI is InChI=1S/C9H19FN2/c1-3-11-9-5-6-12(4-2)7-8(9)10/h8-9,11H,3-7H2,1-2H3. The molecule has 1 heterocycles. The first-order chi connectivity index (χ1) is 5.77. The molecule has 72 valence electrons. The SMILES string of the molecule is CCNC1CCN(CC)CC1F. The Hall–Kier alpha value is -0.150. The van der Waals surface area contributed by atoms with Crippen LogP contribution in [0, 0.1) is 0 Å². The molecule has 2 unspecified atom stereocenters. The normalized spacial score (nSPS) is 32.2. The zero-order chi connectivity index (χ0) is 8.97. The predicted molar refractivity (Wildman–Crippen MR) is 49.1 cm³/mol. The Kier molecular flexibility index (Phi) is 3.95. The van der Waals surface area contributed by atoms with Crippen molar-refractivity contribution in [3.63, 3.8) is 0 Å². The summed E-state index contributed by atoms with van der Waals surface area (Å²) in [4.78, 5) is 2.17. The van der Waals surface area contributed by atoms with E-state index in [9.17, 15) is 4.39 Å². The van der Waals surface area contributed by atoms with E-state index >= 15 is 0 Å². The summed E-state index contributed by atoms with van der Waals surface area (Å²) in [5.41, 5.74) is 0. The minimum Gasteiger partial charge on any atom is -0.311 e. The fourth-order valence-electron chi connectivity index (χ4n) is 1.75. The Bertz CT molecular complexity index is 130. The van der Waals surface area contributed by atoms with Crippen LogP contribution in [0.4, 0.5) is 4.39 Å². The summed E-state index contributed by atoms with van der Waals surface area (Å²) < 4.78 is 13.4. The zero-order valence-corrected chi connectivity index (χ0v) is 8.02. The third kappa shape index (κ3) is 2.42. The van der Waals surface area contributed by atoms with Crippen LogP contribution in [-0.4, -0.2) is 43.3 Å². The molecule has 0 aromatic heterocycles. The molecule has 3 heteroatoms. The molecule has 1 fully saturated rings. The average Bonchev–Trinajstić information content (AvgIpc) is 2.09. The summed E-state index contributed by atoms with van der Waals surface area (Å²) in [5.74, 6) is 0. The van der Waals surface area contributed by atoms with E-state index in [0.29, 0.717) is 6.54 Å². The van der Waals surface area contributed by atoms with E-state index in [4.69, 9.17) is 0 Å². The molecule has 0 aromatic carbocycles. The Morgan fingerprint density at radius 3 is 2.75 bits per heavy atom. The summed E-state index contributed by atoms with van der Waals surface area (Å²) >= 11 is 0. The van der Waals surface area contributed by atoms with E-state index in [1.165, 1.54) is 0 Å². The van der Waals surface area contributed by atoms with E-state index in [0.717, 1.165) is 26.1 Å². The van der Waals surface area contributed by atoms with Gasteiger partial charge in [0.15, 0.2) is 0 Å². The van der Waals surface area contributed by atoms with Gasteiger partial charge in [0.25, 0.3) is 0 Å². The number of piperidine rings is 1. The van der Waals surface area contributed by atoms with Gasteiger partial charge in [-0.1, -0.05) is 13.8 Å². The number of halogens is 1. The van der Waals surface area contributed by atoms with Crippen molar-refractivity contribution in [1.82, 2.24) is 10.2 Å². The quantitative estimate of drug-likeness (QED) is 0.687. The third-order valence-corrected chi connectivity index (χ3v) is 2.54. The maximum absolute atomic E-state index is 13.4. The molecule has 0 amide bonds. The van der Waals surface area contributed by atoms with Gasteiger partial charge in [-0.3, -0.25) is 0 Å². The summed E-state index contributed by atoms with van der Waals surface area (Å²) in [5, 5.41) is 3.18. The highest BCUT2D eigenvalue weighted by molar-refractivity contribution is 4.84. The second-order valence-corrected chi connectivity index (χ2v) is 3.36. The molecule has 0 saturated carbocycles. The van der Waals surface area contributed by atoms with Crippen molar-refractivity contribution >= 4 is 0 Å². The van der Waals surface area contributed by atoms with E-state index in [1.54, 1.807) is 0 Å². The molecule has 0 bridgehead atoms. The topological polar surface area (TPSA) is 15.3 Å². The molecule has 1 aliphatic heterocycles. The number of hydrogen-bond acceptors (Lipinski definition) is 2. The van der Waals surface area contributed by atoms with Crippen LogP contribution in [0.5, 0.6) is 0 Å². The molecule has 1 aliphatic rings. The fraction of sp³-hybridized carbons (Fsp3) is 1.00. The molecular weight excluding hydrogens is 155 g/mol. The molecule has 2 nitrogen and oxygen atoms in total. The van der Waals surface area contributed by atoms with Crippen LogP contribution >= 0.6 is 0 Å². The Morgan fingerprint density at radius 2 is 2.25 bits per heavy atom. The van der Waals surface area contributed by atoms with Gasteiger partial charge in [-0.25, -0.2) is 4.39 Å². The molecule has 1 rings (SSSR count). The highest BCUT2D eigenvalue weighted by Crippen LogP contribution is 2.13. The number of alkyl halides is 1. The van der Waals surface area contributed by atoms with Gasteiger partial charge in [0.1, 0.15) is 6.17 Å². The lowest BCUT2D eigenvalue weighted by Crippen LogP contribution is -2.50. The molecule has 2 atom stereocenters. The molecule has 0 aliphatic carbocycles. The predicted octanol–water partition coefficient (Wildman–Crippen LogP) is 1.03. The van der Waals surface area contributed by atoms with Crippen molar-refractivity contribution in [2.24, 2.45) is 0 Å².